The Morgan fingerprint density at radius 1 is 1.23 bits per heavy atom. The van der Waals surface area contributed by atoms with Gasteiger partial charge in [-0.05, 0) is 31.2 Å². The molecular formula is C31H40ClN5O4S2. The lowest BCUT2D eigenvalue weighted by Gasteiger charge is -2.55. The number of rotatable bonds is 10. The number of amides is 1. The molecule has 3 N–H and O–H groups in total. The molecule has 5 aliphatic rings. The lowest BCUT2D eigenvalue weighted by molar-refractivity contribution is -1.08. The van der Waals surface area contributed by atoms with Crippen LogP contribution in [0.1, 0.15) is 25.8 Å². The molecule has 9 nitrogen and oxygen atoms in total. The molecule has 2 bridgehead atoms. The van der Waals surface area contributed by atoms with Crippen LogP contribution in [0.15, 0.2) is 33.8 Å². The Hall–Kier alpha value is -2.17. The molecule has 4 fully saturated rings. The number of hydrogen-bond acceptors (Lipinski definition) is 8. The van der Waals surface area contributed by atoms with Crippen molar-refractivity contribution in [2.24, 2.45) is 17.6 Å². The molecule has 232 valence electrons. The molecule has 7 rings (SSSR count). The van der Waals surface area contributed by atoms with Crippen molar-refractivity contribution >= 4 is 45.2 Å². The molecule has 12 heteroatoms. The summed E-state index contributed by atoms with van der Waals surface area (Å²) in [7, 11) is 0. The van der Waals surface area contributed by atoms with E-state index in [0.29, 0.717) is 11.3 Å². The van der Waals surface area contributed by atoms with E-state index in [1.807, 2.05) is 6.92 Å². The number of piperazine rings is 3. The van der Waals surface area contributed by atoms with Gasteiger partial charge in [-0.1, -0.05) is 36.6 Å². The van der Waals surface area contributed by atoms with Gasteiger partial charge in [-0.2, -0.15) is 0 Å². The van der Waals surface area contributed by atoms with Gasteiger partial charge < -0.3 is 47.0 Å². The number of aromatic nitrogens is 1. The number of halogens is 1. The zero-order valence-electron chi connectivity index (χ0n) is 24.8. The van der Waals surface area contributed by atoms with E-state index >= 15 is 0 Å². The fraction of sp³-hybridized carbons (Fsp3) is 0.581. The SMILES string of the molecule is C[C@@H](O)[C@H]1C(=O)N2C(C(=O)[O-])=C(C#CCSc3nc4cc(CC[N+]56CC[N+](CCCN)(CC5)CC6)ccc4s3)[C@H](C)[C@H]12.[Cl-]. The van der Waals surface area contributed by atoms with Gasteiger partial charge in [0.1, 0.15) is 39.3 Å². The van der Waals surface area contributed by atoms with E-state index in [1.54, 1.807) is 18.3 Å². The van der Waals surface area contributed by atoms with Crippen molar-refractivity contribution in [1.29, 1.82) is 0 Å². The Morgan fingerprint density at radius 2 is 1.91 bits per heavy atom. The smallest absolute Gasteiger partial charge is 0.235 e. The van der Waals surface area contributed by atoms with Crippen molar-refractivity contribution in [3.8, 4) is 11.8 Å². The number of thioether (sulfide) groups is 1. The van der Waals surface area contributed by atoms with E-state index in [4.69, 9.17) is 10.7 Å². The van der Waals surface area contributed by atoms with Crippen LogP contribution in [0, 0.1) is 23.7 Å². The fourth-order valence-electron chi connectivity index (χ4n) is 7.52. The van der Waals surface area contributed by atoms with Gasteiger partial charge in [0, 0.05) is 24.3 Å². The number of nitrogens with two attached hydrogens (primary N) is 1. The van der Waals surface area contributed by atoms with Crippen LogP contribution in [-0.2, 0) is 16.0 Å². The van der Waals surface area contributed by atoms with Gasteiger partial charge in [0.25, 0.3) is 0 Å². The summed E-state index contributed by atoms with van der Waals surface area (Å²) in [5, 5.41) is 21.9. The third-order valence-electron chi connectivity index (χ3n) is 10.1. The number of hydrogen-bond donors (Lipinski definition) is 2. The highest BCUT2D eigenvalue weighted by molar-refractivity contribution is 8.01. The molecule has 0 spiro atoms. The predicted octanol–water partition coefficient (Wildman–Crippen LogP) is -2.19. The third kappa shape index (κ3) is 5.96. The molecule has 43 heavy (non-hydrogen) atoms. The first-order valence-corrected chi connectivity index (χ1v) is 16.8. The number of benzene rings is 1. The average molecular weight is 646 g/mol. The number of aliphatic hydroxyl groups excluding tert-OH is 1. The van der Waals surface area contributed by atoms with Gasteiger partial charge in [0.05, 0.1) is 58.8 Å². The average Bonchev–Trinajstić information content (AvgIpc) is 3.49. The van der Waals surface area contributed by atoms with Gasteiger partial charge in [-0.15, -0.1) is 11.3 Å². The Balaban J connectivity index is 0.00000368. The molecule has 2 aromatic rings. The van der Waals surface area contributed by atoms with E-state index in [0.717, 1.165) is 33.9 Å². The van der Waals surface area contributed by atoms with E-state index in [9.17, 15) is 19.8 Å². The molecule has 4 saturated heterocycles. The second kappa shape index (κ2) is 12.7. The summed E-state index contributed by atoms with van der Waals surface area (Å²) in [6, 6.07) is 6.26. The van der Waals surface area contributed by atoms with Crippen molar-refractivity contribution in [2.75, 3.05) is 64.7 Å². The molecule has 1 amide bonds. The number of fused-ring (bicyclic) bond motifs is 5. The van der Waals surface area contributed by atoms with Crippen LogP contribution in [0.5, 0.6) is 0 Å². The quantitative estimate of drug-likeness (QED) is 0.130. The second-order valence-corrected chi connectivity index (χ2v) is 14.8. The first-order valence-electron chi connectivity index (χ1n) is 15.0. The van der Waals surface area contributed by atoms with Gasteiger partial charge >= 0.3 is 0 Å². The summed E-state index contributed by atoms with van der Waals surface area (Å²) in [6.07, 6.45) is 1.36. The van der Waals surface area contributed by atoms with E-state index in [1.165, 1.54) is 83.5 Å². The topological polar surface area (TPSA) is 120 Å². The molecule has 0 unspecified atom stereocenters. The van der Waals surface area contributed by atoms with Crippen LogP contribution < -0.4 is 23.2 Å². The molecule has 0 radical (unpaired) electrons. The minimum atomic E-state index is -1.40. The van der Waals surface area contributed by atoms with Gasteiger partial charge in [0.15, 0.2) is 4.34 Å². The largest absolute Gasteiger partial charge is 1.00 e. The summed E-state index contributed by atoms with van der Waals surface area (Å²) in [5.41, 5.74) is 8.39. The maximum atomic E-state index is 12.5. The highest BCUT2D eigenvalue weighted by Crippen LogP contribution is 2.46. The maximum Gasteiger partial charge on any atom is 0.235 e. The van der Waals surface area contributed by atoms with Crippen molar-refractivity contribution in [3.05, 3.63) is 35.0 Å². The Bertz CT molecular complexity index is 1470. The Kier molecular flexibility index (Phi) is 9.50. The number of carboxylic acid groups (broad SMARTS) is 1. The molecule has 0 saturated carbocycles. The lowest BCUT2D eigenvalue weighted by atomic mass is 9.78. The van der Waals surface area contributed by atoms with Crippen LogP contribution in [0.25, 0.3) is 10.2 Å². The molecular weight excluding hydrogens is 606 g/mol. The number of carbonyl (C=O) groups excluding carboxylic acids is 2. The molecule has 6 heterocycles. The summed E-state index contributed by atoms with van der Waals surface area (Å²) >= 11 is 3.18. The van der Waals surface area contributed by atoms with Gasteiger partial charge in [-0.3, -0.25) is 4.79 Å². The van der Waals surface area contributed by atoms with Crippen LogP contribution in [0.2, 0.25) is 0 Å². The number of aliphatic carboxylic acids is 1. The van der Waals surface area contributed by atoms with E-state index in [2.05, 4.69) is 30.0 Å². The Labute approximate surface area is 267 Å². The van der Waals surface area contributed by atoms with Crippen molar-refractivity contribution < 1.29 is 41.2 Å². The van der Waals surface area contributed by atoms with E-state index in [-0.39, 0.29) is 36.0 Å². The standard InChI is InChI=1S/C31H40N5O4S2.ClH/c1-20-23(28(30(39)40)34-27(20)26(21(2)37)29(34)38)5-3-18-41-31-33-24-19-22(6-7-25(24)42-31)8-11-36-15-12-35(13-16-36,14-17-36)10-4-9-32;/h6-7,19-21,26-27,37H,4,8-18,32H2,1-2H3;1H/q+1;/p-1/t20-,21+,26+,27+,35?,36?;/m0./s1. The maximum absolute atomic E-state index is 12.5. The van der Waals surface area contributed by atoms with E-state index < -0.39 is 18.0 Å². The van der Waals surface area contributed by atoms with Crippen LogP contribution >= 0.6 is 23.1 Å². The molecule has 1 aromatic heterocycles. The number of quaternary nitrogens is 2. The minimum Gasteiger partial charge on any atom is -1.00 e. The normalized spacial score (nSPS) is 30.0. The minimum absolute atomic E-state index is 0. The number of aliphatic hydroxyl groups is 1. The number of thiazole rings is 1. The number of carbonyl (C=O) groups is 2. The van der Waals surface area contributed by atoms with Gasteiger partial charge in [0.2, 0.25) is 5.91 Å². The molecule has 1 aromatic carbocycles. The van der Waals surface area contributed by atoms with Crippen molar-refractivity contribution in [1.82, 2.24) is 9.88 Å². The zero-order valence-corrected chi connectivity index (χ0v) is 27.1. The van der Waals surface area contributed by atoms with Gasteiger partial charge in [-0.25, -0.2) is 4.98 Å². The van der Waals surface area contributed by atoms with Crippen LogP contribution in [-0.4, -0.2) is 113 Å². The summed E-state index contributed by atoms with van der Waals surface area (Å²) in [6.45, 7) is 14.4. The first-order chi connectivity index (χ1) is 20.2. The monoisotopic (exact) mass is 645 g/mol. The zero-order chi connectivity index (χ0) is 29.6. The third-order valence-corrected chi connectivity index (χ3v) is 12.2. The predicted molar refractivity (Wildman–Crippen MR) is 162 cm³/mol. The number of nitrogens with zero attached hydrogens (tertiary/aromatic N) is 4. The van der Waals surface area contributed by atoms with Crippen molar-refractivity contribution in [2.45, 2.75) is 43.2 Å². The summed E-state index contributed by atoms with van der Waals surface area (Å²) < 4.78 is 4.61. The second-order valence-electron chi connectivity index (χ2n) is 12.5. The first kappa shape index (κ1) is 32.2. The molecule has 5 aliphatic heterocycles. The Morgan fingerprint density at radius 3 is 2.53 bits per heavy atom. The van der Waals surface area contributed by atoms with Crippen molar-refractivity contribution in [3.63, 3.8) is 0 Å². The highest BCUT2D eigenvalue weighted by Gasteiger charge is 2.58. The summed E-state index contributed by atoms with van der Waals surface area (Å²) in [4.78, 5) is 30.4. The molecule has 0 aliphatic carbocycles. The van der Waals surface area contributed by atoms with Crippen LogP contribution in [0.3, 0.4) is 0 Å². The molecule has 4 atom stereocenters. The van der Waals surface area contributed by atoms with Crippen LogP contribution in [0.4, 0.5) is 0 Å². The number of β-lactam (4-membered cyclic amide) rings is 1. The summed E-state index contributed by atoms with van der Waals surface area (Å²) in [5.74, 6) is 3.88. The number of carboxylic acids is 1. The fourth-order valence-corrected chi connectivity index (χ4v) is 9.31. The highest BCUT2D eigenvalue weighted by atomic mass is 35.5. The lowest BCUT2D eigenvalue weighted by Crippen LogP contribution is -3.00.